The van der Waals surface area contributed by atoms with Gasteiger partial charge in [0.25, 0.3) is 0 Å². The first-order valence-corrected chi connectivity index (χ1v) is 24.8. The van der Waals surface area contributed by atoms with Crippen LogP contribution in [0.15, 0.2) is 78.9 Å². The van der Waals surface area contributed by atoms with E-state index in [2.05, 4.69) is 108 Å². The quantitative estimate of drug-likeness (QED) is 0.171. The van der Waals surface area contributed by atoms with Crippen molar-refractivity contribution in [3.05, 3.63) is 60.7 Å². The van der Waals surface area contributed by atoms with Crippen molar-refractivity contribution in [2.45, 2.75) is 69.6 Å². The third kappa shape index (κ3) is 7.67. The second kappa shape index (κ2) is 15.7. The van der Waals surface area contributed by atoms with Crippen LogP contribution in [0.4, 0.5) is 0 Å². The maximum Gasteiger partial charge on any atom is 0.0741 e. The van der Waals surface area contributed by atoms with E-state index in [1.807, 2.05) is 68.0 Å². The molecular weight excluding hydrogens is 753 g/mol. The summed E-state index contributed by atoms with van der Waals surface area (Å²) in [5, 5.41) is 0. The number of thiophene rings is 6. The molecule has 0 N–H and O–H groups in total. The van der Waals surface area contributed by atoms with Gasteiger partial charge >= 0.3 is 0 Å². The molecule has 0 saturated carbocycles. The Morgan fingerprint density at radius 1 is 0.283 bits per heavy atom. The predicted octanol–water partition coefficient (Wildman–Crippen LogP) is 15.9. The Hall–Kier alpha value is -0.400. The second-order valence-corrected chi connectivity index (χ2v) is 22.8. The molecule has 0 saturated heterocycles. The first-order valence-electron chi connectivity index (χ1n) is 16.0. The maximum absolute atomic E-state index is 2.47. The maximum atomic E-state index is 2.47. The van der Waals surface area contributed by atoms with Crippen LogP contribution in [0, 0.1) is 0 Å². The molecule has 10 heteroatoms. The van der Waals surface area contributed by atoms with E-state index in [1.54, 1.807) is 0 Å². The van der Waals surface area contributed by atoms with E-state index in [9.17, 15) is 0 Å². The zero-order valence-corrected chi connectivity index (χ0v) is 33.5. The van der Waals surface area contributed by atoms with Gasteiger partial charge in [-0.25, -0.2) is 0 Å². The highest BCUT2D eigenvalue weighted by Gasteiger charge is 2.18. The van der Waals surface area contributed by atoms with Crippen LogP contribution in [0.1, 0.15) is 51.4 Å². The zero-order valence-electron chi connectivity index (χ0n) is 25.3. The Labute approximate surface area is 313 Å². The van der Waals surface area contributed by atoms with Gasteiger partial charge in [0.15, 0.2) is 0 Å². The third-order valence-corrected chi connectivity index (χ3v) is 21.1. The molecule has 2 aliphatic rings. The van der Waals surface area contributed by atoms with Crippen molar-refractivity contribution >= 4 is 115 Å². The van der Waals surface area contributed by atoms with Crippen LogP contribution in [0.3, 0.4) is 0 Å². The summed E-state index contributed by atoms with van der Waals surface area (Å²) in [4.78, 5) is 17.0. The summed E-state index contributed by atoms with van der Waals surface area (Å²) in [5.41, 5.74) is 0. The monoisotopic (exact) mass is 786 g/mol. The van der Waals surface area contributed by atoms with Crippen LogP contribution >= 0.6 is 115 Å². The van der Waals surface area contributed by atoms with Crippen LogP contribution < -0.4 is 0 Å². The number of hydrogen-bond donors (Lipinski definition) is 0. The molecule has 0 spiro atoms. The van der Waals surface area contributed by atoms with E-state index in [0.29, 0.717) is 0 Å². The fraction of sp³-hybridized carbons (Fsp3) is 0.333. The molecule has 0 unspecified atom stereocenters. The van der Waals surface area contributed by atoms with Crippen LogP contribution in [0.25, 0.3) is 48.8 Å². The minimum absolute atomic E-state index is 1.25. The van der Waals surface area contributed by atoms with E-state index < -0.39 is 0 Å². The smallest absolute Gasteiger partial charge is 0.0741 e. The third-order valence-electron chi connectivity index (χ3n) is 8.03. The zero-order chi connectivity index (χ0) is 30.7. The number of thioether (sulfide) groups is 4. The van der Waals surface area contributed by atoms with Crippen LogP contribution in [-0.4, -0.2) is 23.0 Å². The molecule has 0 amide bonds. The van der Waals surface area contributed by atoms with Gasteiger partial charge in [0.1, 0.15) is 0 Å². The molecule has 6 aromatic rings. The summed E-state index contributed by atoms with van der Waals surface area (Å²) in [7, 11) is 0. The van der Waals surface area contributed by atoms with Crippen molar-refractivity contribution in [2.75, 3.05) is 23.0 Å². The minimum Gasteiger partial charge on any atom is -0.134 e. The molecule has 2 aliphatic heterocycles. The van der Waals surface area contributed by atoms with Gasteiger partial charge in [-0.15, -0.1) is 115 Å². The molecule has 0 radical (unpaired) electrons. The van der Waals surface area contributed by atoms with Crippen molar-refractivity contribution in [3.63, 3.8) is 0 Å². The fourth-order valence-corrected chi connectivity index (χ4v) is 17.8. The molecule has 238 valence electrons. The van der Waals surface area contributed by atoms with E-state index in [1.165, 1.54) is 141 Å². The molecule has 0 aliphatic carbocycles. The summed E-state index contributed by atoms with van der Waals surface area (Å²) in [6.45, 7) is 0. The normalized spacial score (nSPS) is 16.6. The van der Waals surface area contributed by atoms with Crippen molar-refractivity contribution in [1.82, 2.24) is 0 Å². The molecule has 0 nitrogen and oxygen atoms in total. The van der Waals surface area contributed by atoms with Crippen molar-refractivity contribution < 1.29 is 0 Å². The van der Waals surface area contributed by atoms with Gasteiger partial charge in [-0.05, 0) is 109 Å². The van der Waals surface area contributed by atoms with E-state index in [0.717, 1.165) is 0 Å². The van der Waals surface area contributed by atoms with Crippen molar-refractivity contribution in [3.8, 4) is 48.8 Å². The van der Waals surface area contributed by atoms with Crippen LogP contribution in [0.2, 0.25) is 0 Å². The van der Waals surface area contributed by atoms with Gasteiger partial charge in [0.05, 0.1) is 8.42 Å². The Kier molecular flexibility index (Phi) is 11.2. The summed E-state index contributed by atoms with van der Waals surface area (Å²) >= 11 is 20.1. The predicted molar refractivity (Wildman–Crippen MR) is 221 cm³/mol. The lowest BCUT2D eigenvalue weighted by atomic mass is 10.2. The van der Waals surface area contributed by atoms with Gasteiger partial charge in [-0.1, -0.05) is 25.7 Å². The average molecular weight is 787 g/mol. The van der Waals surface area contributed by atoms with Gasteiger partial charge in [-0.2, -0.15) is 0 Å². The summed E-state index contributed by atoms with van der Waals surface area (Å²) in [5.74, 6) is 5.02. The van der Waals surface area contributed by atoms with Crippen LogP contribution in [-0.2, 0) is 0 Å². The van der Waals surface area contributed by atoms with Gasteiger partial charge in [-0.3, -0.25) is 0 Å². The lowest BCUT2D eigenvalue weighted by molar-refractivity contribution is 0.710. The lowest BCUT2D eigenvalue weighted by Gasteiger charge is -2.06. The van der Waals surface area contributed by atoms with Crippen molar-refractivity contribution in [2.24, 2.45) is 0 Å². The molecular formula is C36H34S10. The number of fused-ring (bicyclic) bond motifs is 2. The highest BCUT2D eigenvalue weighted by Crippen LogP contribution is 2.50. The SMILES string of the molecule is c1cc(-c2ccc(-c3cc4c(s3)SCCCCCCS4)s2)sc1-c1ccc(-c2ccc(-c3cc4c(s3)SCCCCCCS4)s2)s1. The summed E-state index contributed by atoms with van der Waals surface area (Å²) in [6, 6.07) is 23.6. The van der Waals surface area contributed by atoms with E-state index >= 15 is 0 Å². The minimum atomic E-state index is 1.25. The average Bonchev–Trinajstić information content (AvgIpc) is 3.91. The van der Waals surface area contributed by atoms with Crippen LogP contribution in [0.5, 0.6) is 0 Å². The highest BCUT2D eigenvalue weighted by molar-refractivity contribution is 8.04. The number of hydrogen-bond acceptors (Lipinski definition) is 10. The van der Waals surface area contributed by atoms with Gasteiger partial charge in [0.2, 0.25) is 0 Å². The Morgan fingerprint density at radius 3 is 0.891 bits per heavy atom. The molecule has 0 aromatic carbocycles. The Balaban J connectivity index is 0.968. The van der Waals surface area contributed by atoms with E-state index in [4.69, 9.17) is 0 Å². The van der Waals surface area contributed by atoms with Gasteiger partial charge < -0.3 is 0 Å². The summed E-state index contributed by atoms with van der Waals surface area (Å²) < 4.78 is 3.07. The van der Waals surface area contributed by atoms with E-state index in [-0.39, 0.29) is 0 Å². The summed E-state index contributed by atoms with van der Waals surface area (Å²) in [6.07, 6.45) is 10.9. The molecule has 8 rings (SSSR count). The topological polar surface area (TPSA) is 0 Å². The second-order valence-electron chi connectivity index (χ2n) is 11.4. The number of rotatable bonds is 5. The first kappa shape index (κ1) is 32.8. The lowest BCUT2D eigenvalue weighted by Crippen LogP contribution is -1.87. The molecule has 0 atom stereocenters. The molecule has 0 bridgehead atoms. The molecule has 6 aromatic heterocycles. The Morgan fingerprint density at radius 2 is 0.565 bits per heavy atom. The molecule has 0 fully saturated rings. The molecule has 46 heavy (non-hydrogen) atoms. The fourth-order valence-electron chi connectivity index (χ4n) is 5.58. The Bertz CT molecular complexity index is 1700. The first-order chi connectivity index (χ1) is 22.8. The van der Waals surface area contributed by atoms with Crippen molar-refractivity contribution in [1.29, 1.82) is 0 Å². The largest absolute Gasteiger partial charge is 0.134 e. The highest BCUT2D eigenvalue weighted by atomic mass is 32.2. The van der Waals surface area contributed by atoms with Gasteiger partial charge in [0, 0.05) is 58.6 Å². The molecule has 8 heterocycles. The standard InChI is InChI=1S/C36H34S10/c1-3-7-19-39-35-33(37-17-5-1)21-31(45-35)29-15-13-27(43-29)25-11-9-23(41-25)24-10-12-26(42-24)28-14-16-30(44-28)32-22-34-36(46-32)40-20-8-4-2-6-18-38-34/h9-16,21-22H,1-8,17-20H2.